The molecule has 10 heteroatoms. The second-order valence-corrected chi connectivity index (χ2v) is 9.17. The number of carbonyl (C=O) groups is 1. The zero-order valence-corrected chi connectivity index (χ0v) is 20.3. The maximum Gasteiger partial charge on any atom is 0.342 e. The Balaban J connectivity index is 1.48. The molecule has 0 unspecified atom stereocenters. The Hall–Kier alpha value is -2.97. The first-order valence-corrected chi connectivity index (χ1v) is 11.7. The van der Waals surface area contributed by atoms with Gasteiger partial charge in [0.25, 0.3) is 5.22 Å². The molecule has 172 valence electrons. The molecule has 0 amide bonds. The topological polar surface area (TPSA) is 85.5 Å². The van der Waals surface area contributed by atoms with Crippen LogP contribution in [0.4, 0.5) is 0 Å². The van der Waals surface area contributed by atoms with Crippen LogP contribution in [0.1, 0.15) is 11.1 Å². The number of aliphatic carboxylic acids is 1. The number of hydrogen-bond donors (Lipinski definition) is 1. The van der Waals surface area contributed by atoms with Crippen molar-refractivity contribution in [3.05, 3.63) is 97.8 Å². The Kier molecular flexibility index (Phi) is 7.80. The van der Waals surface area contributed by atoms with Crippen LogP contribution in [-0.2, 0) is 11.4 Å². The van der Waals surface area contributed by atoms with Crippen LogP contribution in [0.3, 0.4) is 0 Å². The molecule has 0 saturated carbocycles. The van der Waals surface area contributed by atoms with Crippen molar-refractivity contribution in [2.45, 2.75) is 11.8 Å². The lowest BCUT2D eigenvalue weighted by molar-refractivity contribution is -0.131. The minimum absolute atomic E-state index is 0.00389. The van der Waals surface area contributed by atoms with Crippen molar-refractivity contribution in [1.29, 1.82) is 0 Å². The lowest BCUT2D eigenvalue weighted by Crippen LogP contribution is -1.98. The largest absolute Gasteiger partial charge is 0.489 e. The van der Waals surface area contributed by atoms with Crippen LogP contribution in [0.5, 0.6) is 5.75 Å². The molecule has 0 spiro atoms. The van der Waals surface area contributed by atoms with Gasteiger partial charge in [-0.2, -0.15) is 0 Å². The normalized spacial score (nSPS) is 11.4. The van der Waals surface area contributed by atoms with Gasteiger partial charge in [0.1, 0.15) is 17.3 Å². The molecule has 1 aromatic heterocycles. The molecule has 0 fully saturated rings. The minimum atomic E-state index is -1.13. The van der Waals surface area contributed by atoms with Gasteiger partial charge in [-0.3, -0.25) is 0 Å². The molecule has 4 aromatic rings. The number of rotatable bonds is 8. The highest BCUT2D eigenvalue weighted by Gasteiger charge is 2.16. The van der Waals surface area contributed by atoms with Gasteiger partial charge >= 0.3 is 5.97 Å². The summed E-state index contributed by atoms with van der Waals surface area (Å²) in [5.41, 5.74) is 2.08. The number of benzene rings is 3. The molecular weight excluding hydrogens is 519 g/mol. The van der Waals surface area contributed by atoms with E-state index in [1.165, 1.54) is 6.08 Å². The van der Waals surface area contributed by atoms with Gasteiger partial charge in [0.15, 0.2) is 0 Å². The summed E-state index contributed by atoms with van der Waals surface area (Å²) in [5, 5.41) is 19.3. The fourth-order valence-electron chi connectivity index (χ4n) is 2.83. The number of carboxylic acid groups (broad SMARTS) is 1. The van der Waals surface area contributed by atoms with E-state index in [9.17, 15) is 9.90 Å². The summed E-state index contributed by atoms with van der Waals surface area (Å²) in [6, 6.07) is 19.1. The van der Waals surface area contributed by atoms with Crippen LogP contribution in [-0.4, -0.2) is 21.3 Å². The van der Waals surface area contributed by atoms with Gasteiger partial charge in [0.2, 0.25) is 5.89 Å². The Labute approximate surface area is 214 Å². The number of carboxylic acids is 1. The van der Waals surface area contributed by atoms with Gasteiger partial charge in [-0.1, -0.05) is 53.0 Å². The van der Waals surface area contributed by atoms with Gasteiger partial charge in [-0.15, -0.1) is 10.2 Å². The third-order valence-corrected chi connectivity index (χ3v) is 6.16. The summed E-state index contributed by atoms with van der Waals surface area (Å²) in [6.07, 6.45) is 1.50. The van der Waals surface area contributed by atoms with E-state index in [2.05, 4.69) is 10.2 Å². The molecule has 4 rings (SSSR count). The second kappa shape index (κ2) is 11.0. The van der Waals surface area contributed by atoms with Crippen molar-refractivity contribution >= 4 is 58.6 Å². The maximum atomic E-state index is 11.8. The lowest BCUT2D eigenvalue weighted by atomic mass is 10.2. The van der Waals surface area contributed by atoms with Crippen molar-refractivity contribution in [1.82, 2.24) is 10.2 Å². The summed E-state index contributed by atoms with van der Waals surface area (Å²) in [6.45, 7) is 0.235. The number of aromatic nitrogens is 2. The van der Waals surface area contributed by atoms with E-state index in [4.69, 9.17) is 44.0 Å². The van der Waals surface area contributed by atoms with E-state index in [0.717, 1.165) is 17.3 Å². The average molecular weight is 534 g/mol. The summed E-state index contributed by atoms with van der Waals surface area (Å²) >= 11 is 18.9. The Bertz CT molecular complexity index is 1360. The average Bonchev–Trinajstić information content (AvgIpc) is 3.27. The fraction of sp³-hybridized carbons (Fsp3) is 0.0417. The van der Waals surface area contributed by atoms with Gasteiger partial charge in [-0.05, 0) is 71.9 Å². The number of hydrogen-bond acceptors (Lipinski definition) is 6. The maximum absolute atomic E-state index is 11.8. The highest BCUT2D eigenvalue weighted by Crippen LogP contribution is 2.31. The van der Waals surface area contributed by atoms with Crippen molar-refractivity contribution < 1.29 is 19.1 Å². The molecule has 0 saturated heterocycles. The molecule has 0 radical (unpaired) electrons. The molecule has 0 aliphatic heterocycles. The van der Waals surface area contributed by atoms with Crippen molar-refractivity contribution in [3.8, 4) is 17.2 Å². The first kappa shape index (κ1) is 24.2. The lowest BCUT2D eigenvalue weighted by Gasteiger charge is -2.09. The Morgan fingerprint density at radius 3 is 2.50 bits per heavy atom. The molecule has 6 nitrogen and oxygen atoms in total. The summed E-state index contributed by atoms with van der Waals surface area (Å²) in [5.74, 6) is -0.312. The van der Waals surface area contributed by atoms with Gasteiger partial charge in [-0.25, -0.2) is 4.79 Å². The summed E-state index contributed by atoms with van der Waals surface area (Å²) in [4.78, 5) is 11.8. The van der Waals surface area contributed by atoms with Gasteiger partial charge in [0, 0.05) is 26.2 Å². The smallest absolute Gasteiger partial charge is 0.342 e. The molecule has 3 aromatic carbocycles. The standard InChI is InChI=1S/C24H15Cl3N2O4S/c25-17-7-4-15(5-8-17)22-28-29-24(33-22)34-21(23(30)31)11-14-2-1-3-19(10-14)32-13-16-6-9-18(26)12-20(16)27/h1-12H,13H2,(H,30,31)/b21-11-. The quantitative estimate of drug-likeness (QED) is 0.185. The van der Waals surface area contributed by atoms with Crippen LogP contribution in [0.15, 0.2) is 81.3 Å². The summed E-state index contributed by atoms with van der Waals surface area (Å²) in [7, 11) is 0. The van der Waals surface area contributed by atoms with Crippen molar-refractivity contribution in [2.75, 3.05) is 0 Å². The number of ether oxygens (including phenoxy) is 1. The first-order chi connectivity index (χ1) is 16.4. The number of thioether (sulfide) groups is 1. The highest BCUT2D eigenvalue weighted by molar-refractivity contribution is 8.03. The predicted octanol–water partition coefficient (Wildman–Crippen LogP) is 7.49. The van der Waals surface area contributed by atoms with Gasteiger partial charge in [0.05, 0.1) is 0 Å². The van der Waals surface area contributed by atoms with Crippen LogP contribution in [0.2, 0.25) is 15.1 Å². The van der Waals surface area contributed by atoms with E-state index in [0.29, 0.717) is 31.9 Å². The molecular formula is C24H15Cl3N2O4S. The zero-order chi connectivity index (χ0) is 24.1. The van der Waals surface area contributed by atoms with Crippen LogP contribution >= 0.6 is 46.6 Å². The number of nitrogens with zero attached hydrogens (tertiary/aromatic N) is 2. The van der Waals surface area contributed by atoms with E-state index in [-0.39, 0.29) is 22.6 Å². The van der Waals surface area contributed by atoms with E-state index >= 15 is 0 Å². The van der Waals surface area contributed by atoms with Crippen molar-refractivity contribution in [2.24, 2.45) is 0 Å². The van der Waals surface area contributed by atoms with Crippen LogP contribution in [0.25, 0.3) is 17.5 Å². The first-order valence-electron chi connectivity index (χ1n) is 9.76. The van der Waals surface area contributed by atoms with E-state index < -0.39 is 5.97 Å². The Morgan fingerprint density at radius 2 is 1.76 bits per heavy atom. The van der Waals surface area contributed by atoms with E-state index in [1.54, 1.807) is 66.7 Å². The molecule has 0 aliphatic rings. The molecule has 0 bridgehead atoms. The molecule has 34 heavy (non-hydrogen) atoms. The molecule has 0 atom stereocenters. The predicted molar refractivity (Wildman–Crippen MR) is 133 cm³/mol. The SMILES string of the molecule is O=C(O)/C(=C/c1cccc(OCc2ccc(Cl)cc2Cl)c1)Sc1nnc(-c2ccc(Cl)cc2)o1. The highest BCUT2D eigenvalue weighted by atomic mass is 35.5. The van der Waals surface area contributed by atoms with Crippen molar-refractivity contribution in [3.63, 3.8) is 0 Å². The number of halogens is 3. The minimum Gasteiger partial charge on any atom is -0.489 e. The van der Waals surface area contributed by atoms with Crippen LogP contribution in [0, 0.1) is 0 Å². The zero-order valence-electron chi connectivity index (χ0n) is 17.2. The third-order valence-electron chi connectivity index (χ3n) is 4.47. The van der Waals surface area contributed by atoms with Crippen LogP contribution < -0.4 is 4.74 Å². The summed E-state index contributed by atoms with van der Waals surface area (Å²) < 4.78 is 11.4. The molecule has 1 heterocycles. The van der Waals surface area contributed by atoms with Gasteiger partial charge < -0.3 is 14.3 Å². The van der Waals surface area contributed by atoms with E-state index in [1.807, 2.05) is 0 Å². The second-order valence-electron chi connectivity index (χ2n) is 6.89. The monoisotopic (exact) mass is 532 g/mol. The third kappa shape index (κ3) is 6.33. The molecule has 1 N–H and O–H groups in total. The fourth-order valence-corrected chi connectivity index (χ4v) is 4.10. The Morgan fingerprint density at radius 1 is 1.00 bits per heavy atom. The molecule has 0 aliphatic carbocycles.